The Morgan fingerprint density at radius 2 is 1.83 bits per heavy atom. The number of likely N-dealkylation sites (N-methyl/N-ethyl adjacent to an activating group) is 1. The van der Waals surface area contributed by atoms with Crippen LogP contribution < -0.4 is 0 Å². The number of hydrogen-bond acceptors (Lipinski definition) is 3. The van der Waals surface area contributed by atoms with Crippen LogP contribution in [0.3, 0.4) is 0 Å². The second-order valence-electron chi connectivity index (χ2n) is 6.98. The Hall–Kier alpha value is -1.88. The number of benzene rings is 1. The summed E-state index contributed by atoms with van der Waals surface area (Å²) in [5, 5.41) is 9.27. The van der Waals surface area contributed by atoms with E-state index in [0.29, 0.717) is 32.4 Å². The van der Waals surface area contributed by atoms with Crippen molar-refractivity contribution < 1.29 is 14.7 Å². The Morgan fingerprint density at radius 3 is 2.35 bits per heavy atom. The fourth-order valence-electron chi connectivity index (χ4n) is 3.91. The minimum absolute atomic E-state index is 0.0738. The molecule has 1 aliphatic carbocycles. The summed E-state index contributed by atoms with van der Waals surface area (Å²) < 4.78 is 0. The maximum Gasteiger partial charge on any atom is 0.308 e. The highest BCUT2D eigenvalue weighted by Crippen LogP contribution is 2.36. The van der Waals surface area contributed by atoms with Crippen LogP contribution in [0.2, 0.25) is 0 Å². The van der Waals surface area contributed by atoms with Gasteiger partial charge in [0.05, 0.1) is 5.92 Å². The van der Waals surface area contributed by atoms with E-state index in [4.69, 9.17) is 0 Å². The number of amides is 1. The molecule has 0 spiro atoms. The molecule has 5 heteroatoms. The third kappa shape index (κ3) is 2.74. The second-order valence-corrected chi connectivity index (χ2v) is 6.98. The van der Waals surface area contributed by atoms with Gasteiger partial charge in [-0.05, 0) is 38.1 Å². The molecule has 1 unspecified atom stereocenters. The van der Waals surface area contributed by atoms with Gasteiger partial charge in [0, 0.05) is 25.9 Å². The third-order valence-corrected chi connectivity index (χ3v) is 5.40. The van der Waals surface area contributed by atoms with Crippen LogP contribution in [-0.4, -0.2) is 59.5 Å². The van der Waals surface area contributed by atoms with Crippen LogP contribution in [-0.2, 0) is 22.4 Å². The van der Waals surface area contributed by atoms with E-state index < -0.39 is 17.4 Å². The highest BCUT2D eigenvalue weighted by Gasteiger charge is 2.48. The molecule has 1 atom stereocenters. The number of likely N-dealkylation sites (tertiary alicyclic amines) is 1. The molecule has 23 heavy (non-hydrogen) atoms. The lowest BCUT2D eigenvalue weighted by atomic mass is 9.89. The van der Waals surface area contributed by atoms with Crippen molar-refractivity contribution in [1.82, 2.24) is 9.80 Å². The van der Waals surface area contributed by atoms with Crippen molar-refractivity contribution in [3.63, 3.8) is 0 Å². The van der Waals surface area contributed by atoms with Crippen LogP contribution in [0.25, 0.3) is 0 Å². The van der Waals surface area contributed by atoms with E-state index in [-0.39, 0.29) is 5.91 Å². The summed E-state index contributed by atoms with van der Waals surface area (Å²) in [4.78, 5) is 28.4. The number of piperidine rings is 1. The smallest absolute Gasteiger partial charge is 0.308 e. The molecule has 0 radical (unpaired) electrons. The van der Waals surface area contributed by atoms with E-state index in [1.807, 2.05) is 31.1 Å². The number of fused-ring (bicyclic) bond motifs is 1. The first-order chi connectivity index (χ1) is 10.9. The van der Waals surface area contributed by atoms with Crippen molar-refractivity contribution in [3.8, 4) is 0 Å². The summed E-state index contributed by atoms with van der Waals surface area (Å²) in [5.74, 6) is -1.16. The number of carboxylic acid groups (broad SMARTS) is 1. The third-order valence-electron chi connectivity index (χ3n) is 5.40. The molecule has 1 aromatic rings. The lowest BCUT2D eigenvalue weighted by molar-refractivity contribution is -0.150. The molecule has 1 aliphatic heterocycles. The van der Waals surface area contributed by atoms with Crippen molar-refractivity contribution in [1.29, 1.82) is 0 Å². The second kappa shape index (κ2) is 5.96. The van der Waals surface area contributed by atoms with Crippen molar-refractivity contribution >= 4 is 11.9 Å². The molecule has 0 aromatic heterocycles. The van der Waals surface area contributed by atoms with Gasteiger partial charge < -0.3 is 10.0 Å². The molecule has 3 rings (SSSR count). The first-order valence-corrected chi connectivity index (χ1v) is 8.20. The van der Waals surface area contributed by atoms with Gasteiger partial charge in [-0.2, -0.15) is 0 Å². The normalized spacial score (nSPS) is 22.9. The molecule has 1 amide bonds. The highest BCUT2D eigenvalue weighted by molar-refractivity contribution is 5.89. The summed E-state index contributed by atoms with van der Waals surface area (Å²) in [6, 6.07) is 8.20. The molecule has 1 fully saturated rings. The number of carboxylic acids is 1. The minimum atomic E-state index is -0.795. The van der Waals surface area contributed by atoms with Crippen molar-refractivity contribution in [2.45, 2.75) is 31.2 Å². The largest absolute Gasteiger partial charge is 0.481 e. The first kappa shape index (κ1) is 16.0. The van der Waals surface area contributed by atoms with Crippen LogP contribution in [0.1, 0.15) is 24.0 Å². The number of carbonyl (C=O) groups is 2. The quantitative estimate of drug-likeness (QED) is 0.916. The predicted molar refractivity (Wildman–Crippen MR) is 87.2 cm³/mol. The van der Waals surface area contributed by atoms with Gasteiger partial charge in [0.1, 0.15) is 5.54 Å². The van der Waals surface area contributed by atoms with E-state index in [0.717, 1.165) is 6.42 Å². The molecule has 124 valence electrons. The van der Waals surface area contributed by atoms with Gasteiger partial charge in [-0.15, -0.1) is 0 Å². The van der Waals surface area contributed by atoms with Gasteiger partial charge in [-0.3, -0.25) is 14.5 Å². The first-order valence-electron chi connectivity index (χ1n) is 8.20. The molecular weight excluding hydrogens is 292 g/mol. The van der Waals surface area contributed by atoms with Gasteiger partial charge in [-0.1, -0.05) is 24.3 Å². The molecule has 0 saturated carbocycles. The molecule has 2 aliphatic rings. The Balaban J connectivity index is 1.85. The minimum Gasteiger partial charge on any atom is -0.481 e. The number of aliphatic carboxylic acids is 1. The summed E-state index contributed by atoms with van der Waals surface area (Å²) in [6.07, 6.45) is 2.82. The predicted octanol–water partition coefficient (Wildman–Crippen LogP) is 1.41. The molecule has 1 saturated heterocycles. The van der Waals surface area contributed by atoms with Crippen LogP contribution in [0.4, 0.5) is 0 Å². The lowest BCUT2D eigenvalue weighted by Gasteiger charge is -2.41. The van der Waals surface area contributed by atoms with Gasteiger partial charge in [0.25, 0.3) is 0 Å². The van der Waals surface area contributed by atoms with E-state index in [9.17, 15) is 14.7 Å². The zero-order chi connectivity index (χ0) is 16.6. The van der Waals surface area contributed by atoms with Crippen molar-refractivity contribution in [2.24, 2.45) is 5.92 Å². The van der Waals surface area contributed by atoms with E-state index >= 15 is 0 Å². The van der Waals surface area contributed by atoms with Gasteiger partial charge in [-0.25, -0.2) is 0 Å². The van der Waals surface area contributed by atoms with Crippen LogP contribution >= 0.6 is 0 Å². The van der Waals surface area contributed by atoms with E-state index in [1.54, 1.807) is 4.90 Å². The summed E-state index contributed by atoms with van der Waals surface area (Å²) >= 11 is 0. The Morgan fingerprint density at radius 1 is 1.22 bits per heavy atom. The lowest BCUT2D eigenvalue weighted by Crippen LogP contribution is -2.60. The Labute approximate surface area is 136 Å². The van der Waals surface area contributed by atoms with Crippen LogP contribution in [0.5, 0.6) is 0 Å². The molecule has 1 aromatic carbocycles. The zero-order valence-corrected chi connectivity index (χ0v) is 13.8. The summed E-state index contributed by atoms with van der Waals surface area (Å²) in [6.45, 7) is 0.995. The number of hydrogen-bond donors (Lipinski definition) is 1. The van der Waals surface area contributed by atoms with Gasteiger partial charge in [0.2, 0.25) is 5.91 Å². The highest BCUT2D eigenvalue weighted by atomic mass is 16.4. The molecule has 1 N–H and O–H groups in total. The van der Waals surface area contributed by atoms with Crippen LogP contribution in [0, 0.1) is 5.92 Å². The van der Waals surface area contributed by atoms with E-state index in [1.165, 1.54) is 11.1 Å². The average Bonchev–Trinajstić information content (AvgIpc) is 2.95. The summed E-state index contributed by atoms with van der Waals surface area (Å²) in [5.41, 5.74) is 1.87. The Bertz CT molecular complexity index is 601. The SMILES string of the molecule is CN(C)C1(C(=O)N2CCCC(C(=O)O)C2)Cc2ccccc2C1. The number of carbonyl (C=O) groups excluding carboxylic acids is 1. The Kier molecular flexibility index (Phi) is 4.15. The average molecular weight is 316 g/mol. The number of nitrogens with zero attached hydrogens (tertiary/aromatic N) is 2. The zero-order valence-electron chi connectivity index (χ0n) is 13.8. The summed E-state index contributed by atoms with van der Waals surface area (Å²) in [7, 11) is 3.89. The topological polar surface area (TPSA) is 60.9 Å². The number of rotatable bonds is 3. The fourth-order valence-corrected chi connectivity index (χ4v) is 3.91. The van der Waals surface area contributed by atoms with Crippen molar-refractivity contribution in [2.75, 3.05) is 27.2 Å². The molecular formula is C18H24N2O3. The van der Waals surface area contributed by atoms with Crippen molar-refractivity contribution in [3.05, 3.63) is 35.4 Å². The van der Waals surface area contributed by atoms with Gasteiger partial charge >= 0.3 is 5.97 Å². The maximum atomic E-state index is 13.3. The van der Waals surface area contributed by atoms with Crippen LogP contribution in [0.15, 0.2) is 24.3 Å². The molecule has 1 heterocycles. The van der Waals surface area contributed by atoms with E-state index in [2.05, 4.69) is 12.1 Å². The fraction of sp³-hybridized carbons (Fsp3) is 0.556. The maximum absolute atomic E-state index is 13.3. The monoisotopic (exact) mass is 316 g/mol. The molecule has 0 bridgehead atoms. The van der Waals surface area contributed by atoms with Gasteiger partial charge in [0.15, 0.2) is 0 Å². The standard InChI is InChI=1S/C18H24N2O3/c1-19(2)18(10-13-6-3-4-7-14(13)11-18)17(23)20-9-5-8-15(12-20)16(21)22/h3-4,6-7,15H,5,8-12H2,1-2H3,(H,21,22). The molecule has 5 nitrogen and oxygen atoms in total.